The smallest absolute Gasteiger partial charge is 0.328 e. The Labute approximate surface area is 226 Å². The summed E-state index contributed by atoms with van der Waals surface area (Å²) in [5, 5.41) is 16.9. The zero-order valence-corrected chi connectivity index (χ0v) is 22.5. The van der Waals surface area contributed by atoms with E-state index in [0.717, 1.165) is 12.8 Å². The minimum absolute atomic E-state index is 0.0722. The number of aliphatic imine (C=N–C) groups is 1. The van der Waals surface area contributed by atoms with Crippen molar-refractivity contribution in [3.63, 3.8) is 0 Å². The number of unbranched alkanes of at least 4 members (excludes halogenated alkanes) is 5. The summed E-state index contributed by atoms with van der Waals surface area (Å²) in [6, 6.07) is 18.6. The molecule has 0 amide bonds. The van der Waals surface area contributed by atoms with Gasteiger partial charge in [0.2, 0.25) is 0 Å². The van der Waals surface area contributed by atoms with Gasteiger partial charge in [-0.3, -0.25) is 0 Å². The van der Waals surface area contributed by atoms with Crippen LogP contribution in [0.4, 0.5) is 5.82 Å². The molecule has 7 heteroatoms. The lowest BCUT2D eigenvalue weighted by molar-refractivity contribution is -0.131. The van der Waals surface area contributed by atoms with Gasteiger partial charge in [0.15, 0.2) is 5.96 Å². The first-order valence-electron chi connectivity index (χ1n) is 13.8. The van der Waals surface area contributed by atoms with E-state index in [1.807, 2.05) is 18.3 Å². The van der Waals surface area contributed by atoms with Crippen molar-refractivity contribution in [2.45, 2.75) is 76.7 Å². The molecule has 0 bridgehead atoms. The number of aromatic amines is 1. The molecule has 0 spiro atoms. The van der Waals surface area contributed by atoms with E-state index < -0.39 is 5.97 Å². The fraction of sp³-hybridized carbons (Fsp3) is 0.419. The summed E-state index contributed by atoms with van der Waals surface area (Å²) in [7, 11) is 0. The Hall–Kier alpha value is -3.74. The van der Waals surface area contributed by atoms with Crippen LogP contribution in [0.15, 0.2) is 77.4 Å². The molecule has 2 atom stereocenters. The first-order chi connectivity index (χ1) is 18.5. The molecule has 2 aromatic carbocycles. The van der Waals surface area contributed by atoms with Crippen LogP contribution in [0.1, 0.15) is 76.2 Å². The molecule has 0 radical (unpaired) electrons. The maximum Gasteiger partial charge on any atom is 0.328 e. The number of aromatic nitrogens is 1. The third kappa shape index (κ3) is 9.61. The second-order valence-corrected chi connectivity index (χ2v) is 9.94. The number of aliphatic carboxylic acids is 1. The van der Waals surface area contributed by atoms with Crippen molar-refractivity contribution < 1.29 is 9.90 Å². The van der Waals surface area contributed by atoms with Gasteiger partial charge in [-0.1, -0.05) is 112 Å². The number of guanidine groups is 1. The Balaban J connectivity index is 1.82. The predicted octanol–water partition coefficient (Wildman–Crippen LogP) is 7.14. The van der Waals surface area contributed by atoms with Crippen molar-refractivity contribution >= 4 is 28.5 Å². The summed E-state index contributed by atoms with van der Waals surface area (Å²) >= 11 is 0. The molecule has 0 aliphatic carbocycles. The van der Waals surface area contributed by atoms with E-state index in [1.54, 1.807) is 0 Å². The fourth-order valence-electron chi connectivity index (χ4n) is 4.96. The second kappa shape index (κ2) is 15.5. The Morgan fingerprint density at radius 2 is 1.74 bits per heavy atom. The van der Waals surface area contributed by atoms with Gasteiger partial charge in [0.05, 0.1) is 6.54 Å². The van der Waals surface area contributed by atoms with E-state index in [4.69, 9.17) is 16.8 Å². The SMILES string of the molecule is CCCCCCCCC(CCC([N-]c1ccc[nH]1)C(=CC(=O)O)CN=C(N)N)c1ccc2ccccc2c1. The number of H-pyrrole nitrogens is 1. The molecule has 1 aromatic heterocycles. The number of fused-ring (bicyclic) bond motifs is 1. The van der Waals surface area contributed by atoms with Gasteiger partial charge in [-0.25, -0.2) is 9.79 Å². The number of rotatable bonds is 17. The van der Waals surface area contributed by atoms with Crippen LogP contribution in [-0.4, -0.2) is 34.6 Å². The van der Waals surface area contributed by atoms with Crippen LogP contribution in [-0.2, 0) is 4.79 Å². The van der Waals surface area contributed by atoms with Crippen molar-refractivity contribution in [3.05, 3.63) is 83.3 Å². The molecule has 7 nitrogen and oxygen atoms in total. The molecular weight excluding hydrogens is 474 g/mol. The number of carboxylic acids is 1. The molecule has 1 heterocycles. The third-order valence-corrected chi connectivity index (χ3v) is 7.00. The standard InChI is InChI=1S/C31H42N5O2/c1-2-3-4-5-6-7-11-24(26-16-15-23-12-8-9-13-25(23)20-26)17-18-28(36-29-14-10-19-34-29)27(21-30(37)38)22-35-31(32)33/h8-10,12-16,19-21,24,28,34H,2-7,11,17-18,22H2,1H3,(H,37,38)(H4,32,33,35)/q-1. The second-order valence-electron chi connectivity index (χ2n) is 9.94. The van der Waals surface area contributed by atoms with Crippen LogP contribution in [0.3, 0.4) is 0 Å². The number of nitrogens with two attached hydrogens (primary N) is 2. The number of hydrogen-bond acceptors (Lipinski definition) is 2. The molecule has 38 heavy (non-hydrogen) atoms. The number of nitrogens with one attached hydrogen (secondary N) is 1. The molecule has 0 aliphatic heterocycles. The quantitative estimate of drug-likeness (QED) is 0.0657. The highest BCUT2D eigenvalue weighted by molar-refractivity contribution is 5.83. The minimum Gasteiger partial charge on any atom is -0.478 e. The molecule has 6 N–H and O–H groups in total. The Morgan fingerprint density at radius 1 is 0.974 bits per heavy atom. The summed E-state index contributed by atoms with van der Waals surface area (Å²) in [6.45, 7) is 2.34. The van der Waals surface area contributed by atoms with Crippen LogP contribution in [0, 0.1) is 0 Å². The normalized spacial score (nSPS) is 13.2. The van der Waals surface area contributed by atoms with Crippen molar-refractivity contribution in [1.29, 1.82) is 0 Å². The van der Waals surface area contributed by atoms with Crippen LogP contribution in [0.2, 0.25) is 0 Å². The monoisotopic (exact) mass is 516 g/mol. The Morgan fingerprint density at radius 3 is 2.45 bits per heavy atom. The van der Waals surface area contributed by atoms with E-state index in [1.165, 1.54) is 60.9 Å². The maximum absolute atomic E-state index is 11.7. The van der Waals surface area contributed by atoms with Gasteiger partial charge < -0.3 is 26.9 Å². The topological polar surface area (TPSA) is 132 Å². The fourth-order valence-corrected chi connectivity index (χ4v) is 4.96. The molecule has 0 saturated carbocycles. The zero-order valence-electron chi connectivity index (χ0n) is 22.5. The van der Waals surface area contributed by atoms with Gasteiger partial charge in [-0.15, -0.1) is 0 Å². The molecule has 0 saturated heterocycles. The minimum atomic E-state index is -1.03. The van der Waals surface area contributed by atoms with E-state index in [9.17, 15) is 9.90 Å². The molecule has 3 rings (SSSR count). The van der Waals surface area contributed by atoms with Crippen LogP contribution in [0.5, 0.6) is 0 Å². The molecule has 0 fully saturated rings. The van der Waals surface area contributed by atoms with Crippen molar-refractivity contribution in [3.8, 4) is 0 Å². The summed E-state index contributed by atoms with van der Waals surface area (Å²) in [5.41, 5.74) is 13.0. The lowest BCUT2D eigenvalue weighted by atomic mass is 9.85. The van der Waals surface area contributed by atoms with Crippen LogP contribution < -0.4 is 11.5 Å². The van der Waals surface area contributed by atoms with Gasteiger partial charge in [-0.05, 0) is 53.1 Å². The van der Waals surface area contributed by atoms with E-state index in [0.29, 0.717) is 23.7 Å². The highest BCUT2D eigenvalue weighted by atomic mass is 16.4. The highest BCUT2D eigenvalue weighted by Crippen LogP contribution is 2.34. The largest absolute Gasteiger partial charge is 0.478 e. The van der Waals surface area contributed by atoms with Gasteiger partial charge in [-0.2, -0.15) is 0 Å². The number of benzene rings is 2. The Kier molecular flexibility index (Phi) is 11.8. The van der Waals surface area contributed by atoms with E-state index in [-0.39, 0.29) is 18.5 Å². The van der Waals surface area contributed by atoms with Gasteiger partial charge in [0.25, 0.3) is 0 Å². The summed E-state index contributed by atoms with van der Waals surface area (Å²) in [4.78, 5) is 18.9. The first kappa shape index (κ1) is 28.8. The lowest BCUT2D eigenvalue weighted by Crippen LogP contribution is -2.24. The summed E-state index contributed by atoms with van der Waals surface area (Å²) < 4.78 is 0. The van der Waals surface area contributed by atoms with Crippen LogP contribution in [0.25, 0.3) is 16.1 Å². The molecule has 0 aliphatic rings. The van der Waals surface area contributed by atoms with E-state index in [2.05, 4.69) is 59.4 Å². The maximum atomic E-state index is 11.7. The molecular formula is C31H42N5O2-. The van der Waals surface area contributed by atoms with Crippen LogP contribution >= 0.6 is 0 Å². The van der Waals surface area contributed by atoms with Gasteiger partial charge in [0, 0.05) is 6.08 Å². The van der Waals surface area contributed by atoms with Gasteiger partial charge >= 0.3 is 5.97 Å². The number of carboxylic acid groups (broad SMARTS) is 1. The van der Waals surface area contributed by atoms with Gasteiger partial charge in [0.1, 0.15) is 0 Å². The average molecular weight is 517 g/mol. The number of carbonyl (C=O) groups is 1. The number of nitrogens with zero attached hydrogens (tertiary/aromatic N) is 2. The predicted molar refractivity (Wildman–Crippen MR) is 158 cm³/mol. The zero-order chi connectivity index (χ0) is 27.2. The lowest BCUT2D eigenvalue weighted by Gasteiger charge is -2.29. The average Bonchev–Trinajstić information content (AvgIpc) is 3.42. The van der Waals surface area contributed by atoms with Crippen molar-refractivity contribution in [2.24, 2.45) is 16.5 Å². The molecule has 204 valence electrons. The molecule has 3 aromatic rings. The summed E-state index contributed by atoms with van der Waals surface area (Å²) in [5.74, 6) is -0.0527. The van der Waals surface area contributed by atoms with Crippen molar-refractivity contribution in [2.75, 3.05) is 6.54 Å². The number of hydrogen-bond donors (Lipinski definition) is 4. The van der Waals surface area contributed by atoms with E-state index >= 15 is 0 Å². The van der Waals surface area contributed by atoms with Crippen molar-refractivity contribution in [1.82, 2.24) is 4.98 Å². The Bertz CT molecular complexity index is 1180. The first-order valence-corrected chi connectivity index (χ1v) is 13.8. The molecule has 2 unspecified atom stereocenters. The highest BCUT2D eigenvalue weighted by Gasteiger charge is 2.18. The summed E-state index contributed by atoms with van der Waals surface area (Å²) in [6.07, 6.45) is 13.2. The third-order valence-electron chi connectivity index (χ3n) is 7.00.